The normalized spacial score (nSPS) is 12.3. The van der Waals surface area contributed by atoms with Crippen molar-refractivity contribution in [1.82, 2.24) is 15.8 Å². The van der Waals surface area contributed by atoms with Gasteiger partial charge in [-0.1, -0.05) is 0 Å². The number of hydrazine groups is 1. The molecule has 0 amide bonds. The van der Waals surface area contributed by atoms with Crippen LogP contribution >= 0.6 is 11.3 Å². The first-order chi connectivity index (χ1) is 7.42. The fourth-order valence-corrected chi connectivity index (χ4v) is 1.71. The molecule has 0 radical (unpaired) electrons. The van der Waals surface area contributed by atoms with E-state index >= 15 is 0 Å². The van der Waals surface area contributed by atoms with Gasteiger partial charge in [0, 0.05) is 22.8 Å². The predicted molar refractivity (Wildman–Crippen MR) is 66.5 cm³/mol. The molecule has 4 nitrogen and oxygen atoms in total. The summed E-state index contributed by atoms with van der Waals surface area (Å²) in [5.41, 5.74) is 7.41. The third kappa shape index (κ3) is 4.01. The van der Waals surface area contributed by atoms with Crippen molar-refractivity contribution in [2.24, 2.45) is 0 Å². The zero-order chi connectivity index (χ0) is 12.2. The number of hydrogen-bond acceptors (Lipinski definition) is 5. The SMILES string of the molecule is Cc1csc(/C(C#N)=C/NNC(C)(C)C)n1. The Balaban J connectivity index is 2.69. The van der Waals surface area contributed by atoms with Crippen LogP contribution in [0, 0.1) is 18.3 Å². The van der Waals surface area contributed by atoms with Crippen LogP contribution in [0.3, 0.4) is 0 Å². The fourth-order valence-electron chi connectivity index (χ4n) is 0.944. The van der Waals surface area contributed by atoms with E-state index in [1.165, 1.54) is 11.3 Å². The molecule has 0 aliphatic rings. The van der Waals surface area contributed by atoms with Crippen LogP contribution in [-0.4, -0.2) is 10.5 Å². The van der Waals surface area contributed by atoms with E-state index < -0.39 is 0 Å². The van der Waals surface area contributed by atoms with Crippen molar-refractivity contribution in [3.05, 3.63) is 22.3 Å². The van der Waals surface area contributed by atoms with Gasteiger partial charge in [-0.05, 0) is 27.7 Å². The molecule has 0 saturated heterocycles. The van der Waals surface area contributed by atoms with Crippen molar-refractivity contribution in [2.45, 2.75) is 33.2 Å². The molecular weight excluding hydrogens is 220 g/mol. The number of allylic oxidation sites excluding steroid dienone is 1. The monoisotopic (exact) mass is 236 g/mol. The Hall–Kier alpha value is -1.38. The van der Waals surface area contributed by atoms with Crippen LogP contribution in [-0.2, 0) is 0 Å². The molecule has 0 aromatic carbocycles. The smallest absolute Gasteiger partial charge is 0.135 e. The second-order valence-electron chi connectivity index (χ2n) is 4.48. The molecule has 86 valence electrons. The van der Waals surface area contributed by atoms with Gasteiger partial charge >= 0.3 is 0 Å². The molecular formula is C11H16N4S. The van der Waals surface area contributed by atoms with E-state index in [1.807, 2.05) is 33.1 Å². The van der Waals surface area contributed by atoms with E-state index in [0.717, 1.165) is 10.7 Å². The van der Waals surface area contributed by atoms with E-state index in [4.69, 9.17) is 5.26 Å². The van der Waals surface area contributed by atoms with E-state index in [1.54, 1.807) is 6.20 Å². The summed E-state index contributed by atoms with van der Waals surface area (Å²) in [7, 11) is 0. The molecule has 16 heavy (non-hydrogen) atoms. The average molecular weight is 236 g/mol. The summed E-state index contributed by atoms with van der Waals surface area (Å²) in [5.74, 6) is 0. The number of nitriles is 1. The van der Waals surface area contributed by atoms with Gasteiger partial charge in [-0.25, -0.2) is 10.4 Å². The summed E-state index contributed by atoms with van der Waals surface area (Å²) < 4.78 is 0. The maximum Gasteiger partial charge on any atom is 0.135 e. The fraction of sp³-hybridized carbons (Fsp3) is 0.455. The zero-order valence-corrected chi connectivity index (χ0v) is 10.8. The minimum atomic E-state index is -0.0458. The highest BCUT2D eigenvalue weighted by Gasteiger charge is 2.08. The van der Waals surface area contributed by atoms with Crippen LogP contribution in [0.4, 0.5) is 0 Å². The Morgan fingerprint density at radius 1 is 1.56 bits per heavy atom. The van der Waals surface area contributed by atoms with Crippen LogP contribution in [0.25, 0.3) is 5.57 Å². The lowest BCUT2D eigenvalue weighted by Gasteiger charge is -2.19. The van der Waals surface area contributed by atoms with Crippen molar-refractivity contribution in [3.63, 3.8) is 0 Å². The Labute approximate surface area is 100.0 Å². The molecule has 2 N–H and O–H groups in total. The number of nitrogens with one attached hydrogen (secondary N) is 2. The van der Waals surface area contributed by atoms with Gasteiger partial charge in [0.05, 0.1) is 0 Å². The molecule has 1 heterocycles. The number of rotatable bonds is 3. The van der Waals surface area contributed by atoms with Crippen molar-refractivity contribution in [3.8, 4) is 6.07 Å². The van der Waals surface area contributed by atoms with Gasteiger partial charge in [-0.3, -0.25) is 0 Å². The van der Waals surface area contributed by atoms with E-state index in [2.05, 4.69) is 21.9 Å². The van der Waals surface area contributed by atoms with Gasteiger partial charge < -0.3 is 5.43 Å². The van der Waals surface area contributed by atoms with E-state index in [0.29, 0.717) is 5.57 Å². The van der Waals surface area contributed by atoms with Gasteiger partial charge in [0.25, 0.3) is 0 Å². The second-order valence-corrected chi connectivity index (χ2v) is 5.34. The molecule has 0 aliphatic carbocycles. The zero-order valence-electron chi connectivity index (χ0n) is 9.96. The van der Waals surface area contributed by atoms with Gasteiger partial charge in [-0.2, -0.15) is 5.26 Å². The Kier molecular flexibility index (Phi) is 4.05. The molecule has 1 aromatic rings. The third-order valence-corrected chi connectivity index (χ3v) is 2.63. The topological polar surface area (TPSA) is 60.7 Å². The molecule has 5 heteroatoms. The molecule has 0 aliphatic heterocycles. The first-order valence-corrected chi connectivity index (χ1v) is 5.86. The molecule has 0 fully saturated rings. The van der Waals surface area contributed by atoms with Crippen LogP contribution in [0.15, 0.2) is 11.6 Å². The van der Waals surface area contributed by atoms with Crippen LogP contribution < -0.4 is 10.9 Å². The lowest BCUT2D eigenvalue weighted by atomic mass is 10.1. The molecule has 0 spiro atoms. The highest BCUT2D eigenvalue weighted by atomic mass is 32.1. The minimum absolute atomic E-state index is 0.0458. The maximum atomic E-state index is 9.00. The van der Waals surface area contributed by atoms with Gasteiger partial charge in [0.15, 0.2) is 0 Å². The average Bonchev–Trinajstić information content (AvgIpc) is 2.58. The largest absolute Gasteiger partial charge is 0.327 e. The van der Waals surface area contributed by atoms with Gasteiger partial charge in [-0.15, -0.1) is 11.3 Å². The second kappa shape index (κ2) is 5.10. The summed E-state index contributed by atoms with van der Waals surface area (Å²) in [6.07, 6.45) is 1.64. The Morgan fingerprint density at radius 3 is 2.69 bits per heavy atom. The predicted octanol–water partition coefficient (Wildman–Crippen LogP) is 2.21. The summed E-state index contributed by atoms with van der Waals surface area (Å²) in [6.45, 7) is 8.02. The number of aryl methyl sites for hydroxylation is 1. The first kappa shape index (κ1) is 12.7. The molecule has 0 saturated carbocycles. The van der Waals surface area contributed by atoms with Crippen molar-refractivity contribution >= 4 is 16.9 Å². The number of aromatic nitrogens is 1. The lowest BCUT2D eigenvalue weighted by Crippen LogP contribution is -2.43. The van der Waals surface area contributed by atoms with Gasteiger partial charge in [0.1, 0.15) is 16.6 Å². The molecule has 0 unspecified atom stereocenters. The van der Waals surface area contributed by atoms with E-state index in [-0.39, 0.29) is 5.54 Å². The summed E-state index contributed by atoms with van der Waals surface area (Å²) >= 11 is 1.47. The summed E-state index contributed by atoms with van der Waals surface area (Å²) in [6, 6.07) is 2.12. The number of thiazole rings is 1. The van der Waals surface area contributed by atoms with Gasteiger partial charge in [0.2, 0.25) is 0 Å². The van der Waals surface area contributed by atoms with Crippen molar-refractivity contribution < 1.29 is 0 Å². The quantitative estimate of drug-likeness (QED) is 0.624. The highest BCUT2D eigenvalue weighted by molar-refractivity contribution is 7.10. The Morgan fingerprint density at radius 2 is 2.25 bits per heavy atom. The van der Waals surface area contributed by atoms with Crippen molar-refractivity contribution in [1.29, 1.82) is 5.26 Å². The summed E-state index contributed by atoms with van der Waals surface area (Å²) in [5, 5.41) is 11.7. The van der Waals surface area contributed by atoms with Crippen LogP contribution in [0.1, 0.15) is 31.5 Å². The molecule has 1 rings (SSSR count). The van der Waals surface area contributed by atoms with Crippen LogP contribution in [0.2, 0.25) is 0 Å². The highest BCUT2D eigenvalue weighted by Crippen LogP contribution is 2.17. The Bertz CT molecular complexity index is 420. The van der Waals surface area contributed by atoms with Crippen LogP contribution in [0.5, 0.6) is 0 Å². The summed E-state index contributed by atoms with van der Waals surface area (Å²) in [4.78, 5) is 4.26. The number of nitrogens with zero attached hydrogens (tertiary/aromatic N) is 2. The molecule has 0 atom stereocenters. The molecule has 0 bridgehead atoms. The van der Waals surface area contributed by atoms with Crippen molar-refractivity contribution in [2.75, 3.05) is 0 Å². The first-order valence-electron chi connectivity index (χ1n) is 4.98. The minimum Gasteiger partial charge on any atom is -0.327 e. The lowest BCUT2D eigenvalue weighted by molar-refractivity contribution is 0.393. The van der Waals surface area contributed by atoms with E-state index in [9.17, 15) is 0 Å². The molecule has 1 aromatic heterocycles. The maximum absolute atomic E-state index is 9.00. The standard InChI is InChI=1S/C11H16N4S/c1-8-7-16-10(14-8)9(5-12)6-13-15-11(2,3)4/h6-7,13,15H,1-4H3/b9-6+. The third-order valence-electron chi connectivity index (χ3n) is 1.63. The number of hydrogen-bond donors (Lipinski definition) is 2.